The molecule has 1 aromatic carbocycles. The number of rotatable bonds is 2. The van der Waals surface area contributed by atoms with E-state index in [-0.39, 0.29) is 0 Å². The molecule has 0 aliphatic carbocycles. The van der Waals surface area contributed by atoms with Gasteiger partial charge in [0.05, 0.1) is 0 Å². The zero-order valence-corrected chi connectivity index (χ0v) is 10.2. The van der Waals surface area contributed by atoms with Gasteiger partial charge in [0.2, 0.25) is 0 Å². The Morgan fingerprint density at radius 3 is 2.35 bits per heavy atom. The summed E-state index contributed by atoms with van der Waals surface area (Å²) in [5, 5.41) is 1.00. The predicted octanol–water partition coefficient (Wildman–Crippen LogP) is 3.45. The fourth-order valence-electron chi connectivity index (χ4n) is 1.54. The standard InChI is InChI=1S/C12H8Cl2N2O/c13-9-1-7(2-10(14)4-9)11-5-16-12(15)3-8(11)6-17/h1-6H,(H2,15,16). The summed E-state index contributed by atoms with van der Waals surface area (Å²) in [6.45, 7) is 0. The molecule has 0 unspecified atom stereocenters. The number of benzene rings is 1. The molecule has 17 heavy (non-hydrogen) atoms. The van der Waals surface area contributed by atoms with Crippen molar-refractivity contribution in [1.29, 1.82) is 0 Å². The normalized spacial score (nSPS) is 10.2. The fourth-order valence-corrected chi connectivity index (χ4v) is 2.06. The topological polar surface area (TPSA) is 56.0 Å². The number of aromatic nitrogens is 1. The number of hydrogen-bond acceptors (Lipinski definition) is 3. The first-order valence-corrected chi connectivity index (χ1v) is 5.53. The number of carbonyl (C=O) groups is 1. The van der Waals surface area contributed by atoms with Crippen LogP contribution in [0.1, 0.15) is 10.4 Å². The van der Waals surface area contributed by atoms with Gasteiger partial charge >= 0.3 is 0 Å². The second-order valence-corrected chi connectivity index (χ2v) is 4.35. The van der Waals surface area contributed by atoms with E-state index < -0.39 is 0 Å². The molecule has 0 aliphatic heterocycles. The van der Waals surface area contributed by atoms with Gasteiger partial charge in [0.1, 0.15) is 5.82 Å². The molecule has 0 amide bonds. The molecule has 0 saturated carbocycles. The monoisotopic (exact) mass is 266 g/mol. The maximum absolute atomic E-state index is 11.0. The van der Waals surface area contributed by atoms with Gasteiger partial charge in [-0.15, -0.1) is 0 Å². The van der Waals surface area contributed by atoms with Crippen molar-refractivity contribution in [2.24, 2.45) is 0 Å². The minimum atomic E-state index is 0.295. The molecule has 0 fully saturated rings. The summed E-state index contributed by atoms with van der Waals surface area (Å²) in [7, 11) is 0. The molecule has 0 saturated heterocycles. The average molecular weight is 267 g/mol. The first-order chi connectivity index (χ1) is 8.10. The quantitative estimate of drug-likeness (QED) is 0.848. The van der Waals surface area contributed by atoms with Gasteiger partial charge in [0.15, 0.2) is 6.29 Å². The lowest BCUT2D eigenvalue weighted by Gasteiger charge is -2.06. The Morgan fingerprint density at radius 1 is 1.12 bits per heavy atom. The Labute approximate surface area is 108 Å². The van der Waals surface area contributed by atoms with Crippen LogP contribution in [0, 0.1) is 0 Å². The molecular formula is C12H8Cl2N2O. The molecule has 0 spiro atoms. The van der Waals surface area contributed by atoms with Gasteiger partial charge in [0, 0.05) is 27.4 Å². The summed E-state index contributed by atoms with van der Waals surface area (Å²) in [6.07, 6.45) is 2.25. The van der Waals surface area contributed by atoms with Crippen molar-refractivity contribution in [3.63, 3.8) is 0 Å². The molecule has 0 atom stereocenters. The summed E-state index contributed by atoms with van der Waals surface area (Å²) in [5.74, 6) is 0.295. The van der Waals surface area contributed by atoms with Crippen molar-refractivity contribution < 1.29 is 4.79 Å². The third kappa shape index (κ3) is 2.57. The lowest BCUT2D eigenvalue weighted by Crippen LogP contribution is -1.95. The summed E-state index contributed by atoms with van der Waals surface area (Å²) < 4.78 is 0. The lowest BCUT2D eigenvalue weighted by atomic mass is 10.0. The summed E-state index contributed by atoms with van der Waals surface area (Å²) >= 11 is 11.8. The van der Waals surface area contributed by atoms with E-state index >= 15 is 0 Å². The molecule has 2 N–H and O–H groups in total. The highest BCUT2D eigenvalue weighted by molar-refractivity contribution is 6.35. The number of anilines is 1. The van der Waals surface area contributed by atoms with Crippen molar-refractivity contribution in [2.75, 3.05) is 5.73 Å². The average Bonchev–Trinajstić information content (AvgIpc) is 2.27. The highest BCUT2D eigenvalue weighted by Gasteiger charge is 2.07. The molecule has 0 bridgehead atoms. The number of nitrogens with zero attached hydrogens (tertiary/aromatic N) is 1. The minimum Gasteiger partial charge on any atom is -0.384 e. The molecule has 5 heteroatoms. The van der Waals surface area contributed by atoms with Crippen molar-refractivity contribution in [1.82, 2.24) is 4.98 Å². The fraction of sp³-hybridized carbons (Fsp3) is 0. The van der Waals surface area contributed by atoms with Crippen molar-refractivity contribution in [3.05, 3.63) is 46.1 Å². The number of hydrogen-bond donors (Lipinski definition) is 1. The molecule has 3 nitrogen and oxygen atoms in total. The molecule has 0 radical (unpaired) electrons. The van der Waals surface area contributed by atoms with Crippen LogP contribution in [-0.4, -0.2) is 11.3 Å². The molecule has 1 aromatic heterocycles. The van der Waals surface area contributed by atoms with Crippen LogP contribution in [0.15, 0.2) is 30.5 Å². The van der Waals surface area contributed by atoms with Crippen LogP contribution in [0.3, 0.4) is 0 Å². The largest absolute Gasteiger partial charge is 0.384 e. The lowest BCUT2D eigenvalue weighted by molar-refractivity contribution is 0.112. The van der Waals surface area contributed by atoms with Gasteiger partial charge in [0.25, 0.3) is 0 Å². The first kappa shape index (κ1) is 11.9. The predicted molar refractivity (Wildman–Crippen MR) is 69.5 cm³/mol. The Morgan fingerprint density at radius 2 is 1.76 bits per heavy atom. The van der Waals surface area contributed by atoms with E-state index in [1.165, 1.54) is 12.3 Å². The van der Waals surface area contributed by atoms with Crippen LogP contribution in [-0.2, 0) is 0 Å². The molecule has 2 rings (SSSR count). The van der Waals surface area contributed by atoms with Gasteiger partial charge in [-0.3, -0.25) is 4.79 Å². The zero-order valence-electron chi connectivity index (χ0n) is 8.65. The zero-order chi connectivity index (χ0) is 12.4. The van der Waals surface area contributed by atoms with Gasteiger partial charge in [-0.05, 0) is 29.8 Å². The van der Waals surface area contributed by atoms with Gasteiger partial charge in [-0.1, -0.05) is 23.2 Å². The second-order valence-electron chi connectivity index (χ2n) is 3.47. The summed E-state index contributed by atoms with van der Waals surface area (Å²) in [5.41, 5.74) is 7.36. The van der Waals surface area contributed by atoms with E-state index in [4.69, 9.17) is 28.9 Å². The van der Waals surface area contributed by atoms with Crippen molar-refractivity contribution >= 4 is 35.3 Å². The highest BCUT2D eigenvalue weighted by Crippen LogP contribution is 2.29. The summed E-state index contributed by atoms with van der Waals surface area (Å²) in [6, 6.07) is 6.57. The van der Waals surface area contributed by atoms with Crippen molar-refractivity contribution in [2.45, 2.75) is 0 Å². The molecule has 1 heterocycles. The molecule has 2 aromatic rings. The van der Waals surface area contributed by atoms with Crippen molar-refractivity contribution in [3.8, 4) is 11.1 Å². The van der Waals surface area contributed by atoms with E-state index in [0.29, 0.717) is 27.0 Å². The van der Waals surface area contributed by atoms with E-state index in [9.17, 15) is 4.79 Å². The van der Waals surface area contributed by atoms with Crippen LogP contribution in [0.25, 0.3) is 11.1 Å². The number of pyridine rings is 1. The first-order valence-electron chi connectivity index (χ1n) is 4.77. The van der Waals surface area contributed by atoms with Gasteiger partial charge in [-0.25, -0.2) is 4.98 Å². The smallest absolute Gasteiger partial charge is 0.150 e. The van der Waals surface area contributed by atoms with E-state index in [0.717, 1.165) is 11.8 Å². The van der Waals surface area contributed by atoms with E-state index in [1.807, 2.05) is 0 Å². The van der Waals surface area contributed by atoms with Crippen LogP contribution in [0.4, 0.5) is 5.82 Å². The van der Waals surface area contributed by atoms with Crippen LogP contribution in [0.5, 0.6) is 0 Å². The van der Waals surface area contributed by atoms with Crippen LogP contribution < -0.4 is 5.73 Å². The molecule has 86 valence electrons. The SMILES string of the molecule is Nc1cc(C=O)c(-c2cc(Cl)cc(Cl)c2)cn1. The summed E-state index contributed by atoms with van der Waals surface area (Å²) in [4.78, 5) is 14.9. The van der Waals surface area contributed by atoms with Gasteiger partial charge in [-0.2, -0.15) is 0 Å². The maximum atomic E-state index is 11.0. The van der Waals surface area contributed by atoms with Crippen LogP contribution >= 0.6 is 23.2 Å². The maximum Gasteiger partial charge on any atom is 0.150 e. The highest BCUT2D eigenvalue weighted by atomic mass is 35.5. The number of nitrogens with two attached hydrogens (primary N) is 1. The third-order valence-electron chi connectivity index (χ3n) is 2.26. The molecule has 0 aliphatic rings. The third-order valence-corrected chi connectivity index (χ3v) is 2.69. The Balaban J connectivity index is 2.63. The van der Waals surface area contributed by atoms with Crippen LogP contribution in [0.2, 0.25) is 10.0 Å². The Hall–Kier alpha value is -1.58. The second kappa shape index (κ2) is 4.73. The van der Waals surface area contributed by atoms with E-state index in [2.05, 4.69) is 4.98 Å². The number of carbonyl (C=O) groups excluding carboxylic acids is 1. The number of aldehydes is 1. The Kier molecular flexibility index (Phi) is 3.31. The number of nitrogen functional groups attached to an aromatic ring is 1. The Bertz CT molecular complexity index is 564. The number of halogens is 2. The molecular weight excluding hydrogens is 259 g/mol. The van der Waals surface area contributed by atoms with E-state index in [1.54, 1.807) is 18.2 Å². The van der Waals surface area contributed by atoms with Gasteiger partial charge < -0.3 is 5.73 Å². The minimum absolute atomic E-state index is 0.295.